The molecule has 0 heterocycles. The van der Waals surface area contributed by atoms with Crippen molar-refractivity contribution in [2.75, 3.05) is 5.32 Å². The van der Waals surface area contributed by atoms with E-state index in [4.69, 9.17) is 0 Å². The summed E-state index contributed by atoms with van der Waals surface area (Å²) in [4.78, 5) is 12.1. The van der Waals surface area contributed by atoms with Gasteiger partial charge in [-0.3, -0.25) is 0 Å². The molecule has 0 saturated carbocycles. The highest BCUT2D eigenvalue weighted by molar-refractivity contribution is 9.10. The monoisotopic (exact) mass is 364 g/mol. The highest BCUT2D eigenvalue weighted by atomic mass is 79.9. The van der Waals surface area contributed by atoms with Crippen molar-refractivity contribution < 1.29 is 14.3 Å². The first kappa shape index (κ1) is 15.0. The number of anilines is 1. The summed E-state index contributed by atoms with van der Waals surface area (Å²) in [5.74, 6) is -0.391. The SMILES string of the molecule is O=C(Nc1ccc(F)cc1Br)N[C@@H]1c2ccccc2C[C@@H]1O. The summed E-state index contributed by atoms with van der Waals surface area (Å²) in [6, 6.07) is 10.7. The number of benzene rings is 2. The molecule has 0 unspecified atom stereocenters. The number of halogens is 2. The van der Waals surface area contributed by atoms with Crippen LogP contribution >= 0.6 is 15.9 Å². The molecule has 2 aromatic carbocycles. The molecule has 2 atom stereocenters. The molecule has 114 valence electrons. The van der Waals surface area contributed by atoms with E-state index in [9.17, 15) is 14.3 Å². The van der Waals surface area contributed by atoms with Gasteiger partial charge in [-0.05, 0) is 45.3 Å². The Morgan fingerprint density at radius 2 is 2.05 bits per heavy atom. The van der Waals surface area contributed by atoms with Crippen LogP contribution in [0.1, 0.15) is 17.2 Å². The Hall–Kier alpha value is -1.92. The average Bonchev–Trinajstić information content (AvgIpc) is 2.78. The maximum Gasteiger partial charge on any atom is 0.319 e. The molecule has 4 nitrogen and oxygen atoms in total. The smallest absolute Gasteiger partial charge is 0.319 e. The number of aliphatic hydroxyl groups excluding tert-OH is 1. The first-order valence-corrected chi connectivity index (χ1v) is 7.62. The zero-order valence-corrected chi connectivity index (χ0v) is 13.1. The molecule has 2 aromatic rings. The molecule has 0 saturated heterocycles. The number of aliphatic hydroxyl groups is 1. The lowest BCUT2D eigenvalue weighted by atomic mass is 10.1. The van der Waals surface area contributed by atoms with Crippen LogP contribution in [0.4, 0.5) is 14.9 Å². The Morgan fingerprint density at radius 1 is 1.27 bits per heavy atom. The second kappa shape index (κ2) is 6.06. The quantitative estimate of drug-likeness (QED) is 0.764. The predicted octanol–water partition coefficient (Wildman–Crippen LogP) is 3.37. The van der Waals surface area contributed by atoms with E-state index in [-0.39, 0.29) is 0 Å². The minimum Gasteiger partial charge on any atom is -0.390 e. The van der Waals surface area contributed by atoms with Crippen LogP contribution in [0.2, 0.25) is 0 Å². The molecule has 0 fully saturated rings. The van der Waals surface area contributed by atoms with Crippen LogP contribution in [0, 0.1) is 5.82 Å². The predicted molar refractivity (Wildman–Crippen MR) is 85.1 cm³/mol. The van der Waals surface area contributed by atoms with Crippen LogP contribution in [-0.4, -0.2) is 17.2 Å². The van der Waals surface area contributed by atoms with Crippen LogP contribution in [-0.2, 0) is 6.42 Å². The summed E-state index contributed by atoms with van der Waals surface area (Å²) in [5, 5.41) is 15.5. The molecule has 3 rings (SSSR count). The lowest BCUT2D eigenvalue weighted by Crippen LogP contribution is -2.36. The van der Waals surface area contributed by atoms with Crippen LogP contribution in [0.3, 0.4) is 0 Å². The first-order valence-electron chi connectivity index (χ1n) is 6.83. The average molecular weight is 365 g/mol. The van der Waals surface area contributed by atoms with Crippen LogP contribution < -0.4 is 10.6 Å². The van der Waals surface area contributed by atoms with Gasteiger partial charge in [0.1, 0.15) is 5.82 Å². The number of amides is 2. The highest BCUT2D eigenvalue weighted by Gasteiger charge is 2.31. The maximum atomic E-state index is 13.0. The molecule has 6 heteroatoms. The van der Waals surface area contributed by atoms with Crippen LogP contribution in [0.25, 0.3) is 0 Å². The zero-order chi connectivity index (χ0) is 15.7. The molecule has 0 aliphatic heterocycles. The summed E-state index contributed by atoms with van der Waals surface area (Å²) in [5.41, 5.74) is 2.41. The third-order valence-electron chi connectivity index (χ3n) is 3.67. The number of urea groups is 1. The number of carbonyl (C=O) groups excluding carboxylic acids is 1. The fraction of sp³-hybridized carbons (Fsp3) is 0.188. The van der Waals surface area contributed by atoms with E-state index in [1.165, 1.54) is 18.2 Å². The van der Waals surface area contributed by atoms with E-state index < -0.39 is 24.0 Å². The first-order chi connectivity index (χ1) is 10.5. The van der Waals surface area contributed by atoms with Gasteiger partial charge in [0, 0.05) is 10.9 Å². The van der Waals surface area contributed by atoms with Gasteiger partial charge in [0.25, 0.3) is 0 Å². The van der Waals surface area contributed by atoms with Crippen molar-refractivity contribution in [2.45, 2.75) is 18.6 Å². The van der Waals surface area contributed by atoms with E-state index in [0.717, 1.165) is 11.1 Å². The van der Waals surface area contributed by atoms with Crippen molar-refractivity contribution >= 4 is 27.6 Å². The van der Waals surface area contributed by atoms with Crippen molar-refractivity contribution in [2.24, 2.45) is 0 Å². The van der Waals surface area contributed by atoms with Gasteiger partial charge < -0.3 is 15.7 Å². The van der Waals surface area contributed by atoms with Crippen LogP contribution in [0.15, 0.2) is 46.9 Å². The van der Waals surface area contributed by atoms with Gasteiger partial charge in [0.05, 0.1) is 17.8 Å². The Balaban J connectivity index is 1.72. The van der Waals surface area contributed by atoms with Gasteiger partial charge in [0.15, 0.2) is 0 Å². The van der Waals surface area contributed by atoms with E-state index in [2.05, 4.69) is 26.6 Å². The summed E-state index contributed by atoms with van der Waals surface area (Å²) in [6.07, 6.45) is -0.138. The normalized spacial score (nSPS) is 19.6. The summed E-state index contributed by atoms with van der Waals surface area (Å²) >= 11 is 3.19. The Labute approximate surface area is 135 Å². The second-order valence-corrected chi connectivity index (χ2v) is 6.02. The number of nitrogens with one attached hydrogen (secondary N) is 2. The number of hydrogen-bond acceptors (Lipinski definition) is 2. The summed E-state index contributed by atoms with van der Waals surface area (Å²) < 4.78 is 13.5. The molecule has 0 spiro atoms. The van der Waals surface area contributed by atoms with Gasteiger partial charge in [-0.15, -0.1) is 0 Å². The largest absolute Gasteiger partial charge is 0.390 e. The lowest BCUT2D eigenvalue weighted by Gasteiger charge is -2.18. The van der Waals surface area contributed by atoms with Crippen molar-refractivity contribution in [3.63, 3.8) is 0 Å². The molecule has 0 bridgehead atoms. The zero-order valence-electron chi connectivity index (χ0n) is 11.5. The van der Waals surface area contributed by atoms with Gasteiger partial charge in [-0.2, -0.15) is 0 Å². The molecular weight excluding hydrogens is 351 g/mol. The van der Waals surface area contributed by atoms with Gasteiger partial charge >= 0.3 is 6.03 Å². The fourth-order valence-electron chi connectivity index (χ4n) is 2.64. The van der Waals surface area contributed by atoms with Crippen molar-refractivity contribution in [3.05, 3.63) is 63.9 Å². The second-order valence-electron chi connectivity index (χ2n) is 5.17. The highest BCUT2D eigenvalue weighted by Crippen LogP contribution is 2.31. The van der Waals surface area contributed by atoms with Gasteiger partial charge in [-0.25, -0.2) is 9.18 Å². The number of rotatable bonds is 2. The molecule has 22 heavy (non-hydrogen) atoms. The van der Waals surface area contributed by atoms with Gasteiger partial charge in [-0.1, -0.05) is 24.3 Å². The minimum absolute atomic E-state index is 0.391. The molecule has 0 aromatic heterocycles. The minimum atomic E-state index is -0.653. The molecule has 2 amide bonds. The van der Waals surface area contributed by atoms with E-state index in [0.29, 0.717) is 16.6 Å². The Kier molecular flexibility index (Phi) is 4.13. The Morgan fingerprint density at radius 3 is 2.82 bits per heavy atom. The van der Waals surface area contributed by atoms with Crippen LogP contribution in [0.5, 0.6) is 0 Å². The van der Waals surface area contributed by atoms with Gasteiger partial charge in [0.2, 0.25) is 0 Å². The number of fused-ring (bicyclic) bond motifs is 1. The van der Waals surface area contributed by atoms with E-state index >= 15 is 0 Å². The lowest BCUT2D eigenvalue weighted by molar-refractivity contribution is 0.144. The van der Waals surface area contributed by atoms with E-state index in [1.54, 1.807) is 0 Å². The molecule has 3 N–H and O–H groups in total. The number of carbonyl (C=O) groups is 1. The summed E-state index contributed by atoms with van der Waals surface area (Å²) in [7, 11) is 0. The molecular formula is C16H14BrFN2O2. The fourth-order valence-corrected chi connectivity index (χ4v) is 3.09. The van der Waals surface area contributed by atoms with E-state index in [1.807, 2.05) is 24.3 Å². The molecule has 0 radical (unpaired) electrons. The summed E-state index contributed by atoms with van der Waals surface area (Å²) in [6.45, 7) is 0. The molecule has 1 aliphatic rings. The third kappa shape index (κ3) is 2.98. The van der Waals surface area contributed by atoms with Crippen molar-refractivity contribution in [1.82, 2.24) is 5.32 Å². The topological polar surface area (TPSA) is 61.4 Å². The third-order valence-corrected chi connectivity index (χ3v) is 4.33. The van der Waals surface area contributed by atoms with Crippen molar-refractivity contribution in [1.29, 1.82) is 0 Å². The standard InChI is InChI=1S/C16H14BrFN2O2/c17-12-8-10(18)5-6-13(12)19-16(22)20-15-11-4-2-1-3-9(11)7-14(15)21/h1-6,8,14-15,21H,7H2,(H2,19,20,22)/t14-,15+/m0/s1. The number of hydrogen-bond donors (Lipinski definition) is 3. The Bertz CT molecular complexity index is 723. The maximum absolute atomic E-state index is 13.0. The van der Waals surface area contributed by atoms with Crippen molar-refractivity contribution in [3.8, 4) is 0 Å². The molecule has 1 aliphatic carbocycles.